The van der Waals surface area contributed by atoms with Crippen LogP contribution in [0.4, 0.5) is 0 Å². The summed E-state index contributed by atoms with van der Waals surface area (Å²) in [7, 11) is 0. The van der Waals surface area contributed by atoms with E-state index in [0.29, 0.717) is 17.9 Å². The van der Waals surface area contributed by atoms with E-state index < -0.39 is 0 Å². The molecule has 1 aliphatic heterocycles. The Balaban J connectivity index is 2.04. The van der Waals surface area contributed by atoms with Crippen LogP contribution in [0.15, 0.2) is 0 Å². The van der Waals surface area contributed by atoms with Crippen LogP contribution < -0.4 is 5.32 Å². The number of nitrogens with one attached hydrogen (secondary N) is 1. The SMILES string of the molecule is CCC(NCCOCC(C)C)C1CCOC1. The third-order valence-corrected chi connectivity index (χ3v) is 3.08. The van der Waals surface area contributed by atoms with Gasteiger partial charge in [-0.2, -0.15) is 0 Å². The van der Waals surface area contributed by atoms with Crippen molar-refractivity contribution < 1.29 is 9.47 Å². The zero-order valence-corrected chi connectivity index (χ0v) is 11.0. The van der Waals surface area contributed by atoms with Crippen LogP contribution in [0.25, 0.3) is 0 Å². The molecule has 1 N–H and O–H groups in total. The Bertz CT molecular complexity index is 167. The molecule has 16 heavy (non-hydrogen) atoms. The van der Waals surface area contributed by atoms with Crippen molar-refractivity contribution in [3.8, 4) is 0 Å². The van der Waals surface area contributed by atoms with Crippen molar-refractivity contribution in [2.75, 3.05) is 33.0 Å². The molecule has 0 radical (unpaired) electrons. The van der Waals surface area contributed by atoms with E-state index >= 15 is 0 Å². The van der Waals surface area contributed by atoms with Crippen LogP contribution in [0.1, 0.15) is 33.6 Å². The smallest absolute Gasteiger partial charge is 0.0591 e. The summed E-state index contributed by atoms with van der Waals surface area (Å²) in [6.45, 7) is 11.1. The highest BCUT2D eigenvalue weighted by Crippen LogP contribution is 2.18. The second-order valence-electron chi connectivity index (χ2n) is 5.06. The fraction of sp³-hybridized carbons (Fsp3) is 1.00. The quantitative estimate of drug-likeness (QED) is 0.646. The summed E-state index contributed by atoms with van der Waals surface area (Å²) >= 11 is 0. The number of ether oxygens (including phenoxy) is 2. The Morgan fingerprint density at radius 3 is 2.81 bits per heavy atom. The van der Waals surface area contributed by atoms with Crippen molar-refractivity contribution in [2.45, 2.75) is 39.7 Å². The monoisotopic (exact) mass is 229 g/mol. The summed E-state index contributed by atoms with van der Waals surface area (Å²) in [5, 5.41) is 3.58. The first kappa shape index (κ1) is 13.9. The van der Waals surface area contributed by atoms with Crippen LogP contribution in [-0.2, 0) is 9.47 Å². The van der Waals surface area contributed by atoms with Crippen LogP contribution in [0.5, 0.6) is 0 Å². The lowest BCUT2D eigenvalue weighted by molar-refractivity contribution is 0.107. The van der Waals surface area contributed by atoms with Crippen molar-refractivity contribution in [2.24, 2.45) is 11.8 Å². The van der Waals surface area contributed by atoms with Crippen LogP contribution in [0, 0.1) is 11.8 Å². The second-order valence-corrected chi connectivity index (χ2v) is 5.06. The van der Waals surface area contributed by atoms with E-state index in [-0.39, 0.29) is 0 Å². The van der Waals surface area contributed by atoms with E-state index in [4.69, 9.17) is 9.47 Å². The molecule has 1 aliphatic rings. The predicted molar refractivity (Wildman–Crippen MR) is 66.7 cm³/mol. The predicted octanol–water partition coefficient (Wildman–Crippen LogP) is 2.06. The van der Waals surface area contributed by atoms with Gasteiger partial charge >= 0.3 is 0 Å². The first-order valence-electron chi connectivity index (χ1n) is 6.63. The molecule has 0 aromatic heterocycles. The third-order valence-electron chi connectivity index (χ3n) is 3.08. The summed E-state index contributed by atoms with van der Waals surface area (Å²) < 4.78 is 11.0. The van der Waals surface area contributed by atoms with E-state index in [1.807, 2.05) is 0 Å². The molecule has 2 atom stereocenters. The fourth-order valence-electron chi connectivity index (χ4n) is 2.15. The lowest BCUT2D eigenvalue weighted by atomic mass is 9.97. The summed E-state index contributed by atoms with van der Waals surface area (Å²) in [5.41, 5.74) is 0. The first-order chi connectivity index (χ1) is 7.74. The highest BCUT2D eigenvalue weighted by Gasteiger charge is 2.23. The van der Waals surface area contributed by atoms with Crippen molar-refractivity contribution >= 4 is 0 Å². The molecule has 1 heterocycles. The molecule has 0 bridgehead atoms. The Morgan fingerprint density at radius 1 is 1.44 bits per heavy atom. The molecule has 96 valence electrons. The van der Waals surface area contributed by atoms with Gasteiger partial charge in [-0.1, -0.05) is 20.8 Å². The van der Waals surface area contributed by atoms with Gasteiger partial charge in [-0.05, 0) is 24.7 Å². The van der Waals surface area contributed by atoms with Gasteiger partial charge in [-0.3, -0.25) is 0 Å². The van der Waals surface area contributed by atoms with Crippen LogP contribution in [-0.4, -0.2) is 39.0 Å². The molecule has 3 heteroatoms. The maximum Gasteiger partial charge on any atom is 0.0591 e. The van der Waals surface area contributed by atoms with Crippen molar-refractivity contribution in [3.05, 3.63) is 0 Å². The first-order valence-corrected chi connectivity index (χ1v) is 6.63. The molecular formula is C13H27NO2. The largest absolute Gasteiger partial charge is 0.381 e. The van der Waals surface area contributed by atoms with E-state index in [2.05, 4.69) is 26.1 Å². The van der Waals surface area contributed by atoms with Gasteiger partial charge in [0.15, 0.2) is 0 Å². The maximum atomic E-state index is 5.56. The van der Waals surface area contributed by atoms with Crippen LogP contribution in [0.3, 0.4) is 0 Å². The van der Waals surface area contributed by atoms with Gasteiger partial charge in [0.25, 0.3) is 0 Å². The molecule has 2 unspecified atom stereocenters. The number of hydrogen-bond acceptors (Lipinski definition) is 3. The van der Waals surface area contributed by atoms with Crippen molar-refractivity contribution in [1.82, 2.24) is 5.32 Å². The van der Waals surface area contributed by atoms with E-state index in [1.54, 1.807) is 0 Å². The Hall–Kier alpha value is -0.120. The van der Waals surface area contributed by atoms with Gasteiger partial charge < -0.3 is 14.8 Å². The molecule has 0 spiro atoms. The van der Waals surface area contributed by atoms with E-state index in [0.717, 1.165) is 33.0 Å². The average molecular weight is 229 g/mol. The van der Waals surface area contributed by atoms with E-state index in [1.165, 1.54) is 12.8 Å². The molecule has 1 saturated heterocycles. The molecular weight excluding hydrogens is 202 g/mol. The maximum absolute atomic E-state index is 5.56. The summed E-state index contributed by atoms with van der Waals surface area (Å²) in [4.78, 5) is 0. The minimum absolute atomic E-state index is 0.602. The third kappa shape index (κ3) is 5.28. The van der Waals surface area contributed by atoms with Crippen LogP contribution in [0.2, 0.25) is 0 Å². The number of rotatable bonds is 8. The summed E-state index contributed by atoms with van der Waals surface area (Å²) in [6, 6.07) is 0.602. The molecule has 1 fully saturated rings. The Labute approximate surface area is 99.9 Å². The normalized spacial score (nSPS) is 22.9. The second kappa shape index (κ2) is 8.04. The molecule has 0 aromatic carbocycles. The van der Waals surface area contributed by atoms with E-state index in [9.17, 15) is 0 Å². The van der Waals surface area contributed by atoms with Crippen molar-refractivity contribution in [1.29, 1.82) is 0 Å². The van der Waals surface area contributed by atoms with Gasteiger partial charge in [-0.25, -0.2) is 0 Å². The fourth-order valence-corrected chi connectivity index (χ4v) is 2.15. The minimum atomic E-state index is 0.602. The molecule has 0 saturated carbocycles. The van der Waals surface area contributed by atoms with Crippen molar-refractivity contribution in [3.63, 3.8) is 0 Å². The van der Waals surface area contributed by atoms with Gasteiger partial charge in [-0.15, -0.1) is 0 Å². The van der Waals surface area contributed by atoms with Crippen LogP contribution >= 0.6 is 0 Å². The molecule has 3 nitrogen and oxygen atoms in total. The molecule has 1 rings (SSSR count). The Kier molecular flexibility index (Phi) is 7.01. The van der Waals surface area contributed by atoms with Gasteiger partial charge in [0, 0.05) is 25.8 Å². The molecule has 0 aliphatic carbocycles. The minimum Gasteiger partial charge on any atom is -0.381 e. The molecule has 0 amide bonds. The highest BCUT2D eigenvalue weighted by atomic mass is 16.5. The topological polar surface area (TPSA) is 30.5 Å². The summed E-state index contributed by atoms with van der Waals surface area (Å²) in [6.07, 6.45) is 2.39. The lowest BCUT2D eigenvalue weighted by Crippen LogP contribution is -2.38. The highest BCUT2D eigenvalue weighted by molar-refractivity contribution is 4.78. The van der Waals surface area contributed by atoms with Gasteiger partial charge in [0.1, 0.15) is 0 Å². The molecule has 0 aromatic rings. The average Bonchev–Trinajstić information content (AvgIpc) is 2.76. The van der Waals surface area contributed by atoms with Gasteiger partial charge in [0.2, 0.25) is 0 Å². The summed E-state index contributed by atoms with van der Waals surface area (Å²) in [5.74, 6) is 1.33. The lowest BCUT2D eigenvalue weighted by Gasteiger charge is -2.22. The zero-order valence-electron chi connectivity index (χ0n) is 11.0. The van der Waals surface area contributed by atoms with Gasteiger partial charge in [0.05, 0.1) is 13.2 Å². The standard InChI is InChI=1S/C13H27NO2/c1-4-13(12-5-7-15-10-12)14-6-8-16-9-11(2)3/h11-14H,4-10H2,1-3H3. The zero-order chi connectivity index (χ0) is 11.8. The Morgan fingerprint density at radius 2 is 2.25 bits per heavy atom. The number of hydrogen-bond donors (Lipinski definition) is 1.